The SMILES string of the molecule is CC1(N=[N+]=[N-])CCc2ccc(Cl)nc21. The van der Waals surface area contributed by atoms with Gasteiger partial charge in [0.15, 0.2) is 0 Å². The molecule has 0 N–H and O–H groups in total. The Kier molecular flexibility index (Phi) is 2.10. The van der Waals surface area contributed by atoms with Gasteiger partial charge in [-0.1, -0.05) is 22.8 Å². The second-order valence-corrected chi connectivity index (χ2v) is 3.99. The van der Waals surface area contributed by atoms with Crippen LogP contribution in [0.2, 0.25) is 5.15 Å². The molecule has 0 radical (unpaired) electrons. The predicted molar refractivity (Wildman–Crippen MR) is 54.1 cm³/mol. The maximum atomic E-state index is 8.48. The Morgan fingerprint density at radius 1 is 1.64 bits per heavy atom. The molecule has 0 saturated carbocycles. The van der Waals surface area contributed by atoms with Crippen LogP contribution in [0.5, 0.6) is 0 Å². The molecule has 1 heterocycles. The van der Waals surface area contributed by atoms with E-state index in [4.69, 9.17) is 17.1 Å². The molecule has 1 aliphatic carbocycles. The van der Waals surface area contributed by atoms with E-state index < -0.39 is 5.54 Å². The minimum absolute atomic E-state index is 0.449. The summed E-state index contributed by atoms with van der Waals surface area (Å²) in [5, 5.41) is 4.25. The zero-order valence-electron chi connectivity index (χ0n) is 7.74. The van der Waals surface area contributed by atoms with Crippen molar-refractivity contribution < 1.29 is 0 Å². The Morgan fingerprint density at radius 2 is 2.43 bits per heavy atom. The number of aromatic nitrogens is 1. The Morgan fingerprint density at radius 3 is 3.14 bits per heavy atom. The molecule has 0 aromatic carbocycles. The largest absolute Gasteiger partial charge is 0.240 e. The zero-order chi connectivity index (χ0) is 10.2. The molecule has 2 rings (SSSR count). The van der Waals surface area contributed by atoms with Crippen LogP contribution in [-0.4, -0.2) is 4.98 Å². The summed E-state index contributed by atoms with van der Waals surface area (Å²) < 4.78 is 0. The van der Waals surface area contributed by atoms with Gasteiger partial charge in [-0.3, -0.25) is 0 Å². The number of hydrogen-bond acceptors (Lipinski definition) is 2. The average Bonchev–Trinajstić information content (AvgIpc) is 2.45. The minimum atomic E-state index is -0.519. The van der Waals surface area contributed by atoms with Gasteiger partial charge in [0.2, 0.25) is 0 Å². The highest BCUT2D eigenvalue weighted by atomic mass is 35.5. The summed E-state index contributed by atoms with van der Waals surface area (Å²) in [6, 6.07) is 3.71. The highest BCUT2D eigenvalue weighted by Gasteiger charge is 2.35. The number of pyridine rings is 1. The van der Waals surface area contributed by atoms with E-state index in [9.17, 15) is 0 Å². The van der Waals surface area contributed by atoms with Gasteiger partial charge in [0.1, 0.15) is 5.15 Å². The van der Waals surface area contributed by atoms with Gasteiger partial charge in [-0.05, 0) is 36.9 Å². The number of rotatable bonds is 1. The molecule has 1 aliphatic rings. The van der Waals surface area contributed by atoms with Crippen molar-refractivity contribution in [1.82, 2.24) is 4.98 Å². The Labute approximate surface area is 86.5 Å². The first-order chi connectivity index (χ1) is 6.65. The van der Waals surface area contributed by atoms with Crippen molar-refractivity contribution in [3.05, 3.63) is 39.0 Å². The summed E-state index contributed by atoms with van der Waals surface area (Å²) in [4.78, 5) is 7.09. The lowest BCUT2D eigenvalue weighted by atomic mass is 10.0. The summed E-state index contributed by atoms with van der Waals surface area (Å²) >= 11 is 5.80. The fourth-order valence-corrected chi connectivity index (χ4v) is 1.97. The molecular weight excluding hydrogens is 200 g/mol. The molecular formula is C9H9ClN4. The second-order valence-electron chi connectivity index (χ2n) is 3.61. The van der Waals surface area contributed by atoms with Gasteiger partial charge in [-0.15, -0.1) is 0 Å². The van der Waals surface area contributed by atoms with Crippen LogP contribution in [-0.2, 0) is 12.0 Å². The van der Waals surface area contributed by atoms with Crippen molar-refractivity contribution in [3.8, 4) is 0 Å². The molecule has 0 fully saturated rings. The smallest absolute Gasteiger partial charge is 0.129 e. The van der Waals surface area contributed by atoms with Gasteiger partial charge in [-0.2, -0.15) is 0 Å². The Hall–Kier alpha value is -1.25. The number of aryl methyl sites for hydroxylation is 1. The molecule has 72 valence electrons. The van der Waals surface area contributed by atoms with Crippen LogP contribution in [0.3, 0.4) is 0 Å². The topological polar surface area (TPSA) is 61.7 Å². The lowest BCUT2D eigenvalue weighted by Gasteiger charge is -2.16. The molecule has 1 aromatic heterocycles. The van der Waals surface area contributed by atoms with Gasteiger partial charge in [0.05, 0.1) is 11.2 Å². The molecule has 0 saturated heterocycles. The number of nitrogens with zero attached hydrogens (tertiary/aromatic N) is 4. The van der Waals surface area contributed by atoms with E-state index >= 15 is 0 Å². The van der Waals surface area contributed by atoms with Crippen molar-refractivity contribution in [1.29, 1.82) is 0 Å². The van der Waals surface area contributed by atoms with Gasteiger partial charge in [0, 0.05) is 4.91 Å². The molecule has 14 heavy (non-hydrogen) atoms. The number of fused-ring (bicyclic) bond motifs is 1. The molecule has 1 unspecified atom stereocenters. The van der Waals surface area contributed by atoms with E-state index in [0.29, 0.717) is 5.15 Å². The molecule has 1 atom stereocenters. The van der Waals surface area contributed by atoms with E-state index in [1.54, 1.807) is 6.07 Å². The molecule has 1 aromatic rings. The van der Waals surface area contributed by atoms with E-state index in [1.165, 1.54) is 0 Å². The van der Waals surface area contributed by atoms with Crippen LogP contribution in [0.4, 0.5) is 0 Å². The van der Waals surface area contributed by atoms with Crippen LogP contribution >= 0.6 is 11.6 Å². The van der Waals surface area contributed by atoms with Crippen LogP contribution in [0.15, 0.2) is 17.2 Å². The molecule has 0 spiro atoms. The van der Waals surface area contributed by atoms with Gasteiger partial charge in [0.25, 0.3) is 0 Å². The van der Waals surface area contributed by atoms with Crippen LogP contribution < -0.4 is 0 Å². The van der Waals surface area contributed by atoms with Crippen molar-refractivity contribution in [2.75, 3.05) is 0 Å². The molecule has 0 amide bonds. The van der Waals surface area contributed by atoms with E-state index in [2.05, 4.69) is 15.0 Å². The summed E-state index contributed by atoms with van der Waals surface area (Å²) in [5.74, 6) is 0. The maximum absolute atomic E-state index is 8.48. The fraction of sp³-hybridized carbons (Fsp3) is 0.444. The van der Waals surface area contributed by atoms with Crippen molar-refractivity contribution in [2.24, 2.45) is 5.11 Å². The summed E-state index contributed by atoms with van der Waals surface area (Å²) in [6.07, 6.45) is 1.70. The van der Waals surface area contributed by atoms with E-state index in [1.807, 2.05) is 13.0 Å². The first-order valence-electron chi connectivity index (χ1n) is 4.38. The van der Waals surface area contributed by atoms with Gasteiger partial charge >= 0.3 is 0 Å². The maximum Gasteiger partial charge on any atom is 0.129 e. The van der Waals surface area contributed by atoms with Crippen molar-refractivity contribution in [2.45, 2.75) is 25.3 Å². The van der Waals surface area contributed by atoms with E-state index in [-0.39, 0.29) is 0 Å². The first-order valence-corrected chi connectivity index (χ1v) is 4.76. The number of hydrogen-bond donors (Lipinski definition) is 0. The molecule has 0 bridgehead atoms. The Balaban J connectivity index is 2.57. The number of halogens is 1. The lowest BCUT2D eigenvalue weighted by molar-refractivity contribution is 0.477. The normalized spacial score (nSPS) is 24.1. The van der Waals surface area contributed by atoms with Crippen LogP contribution in [0, 0.1) is 0 Å². The van der Waals surface area contributed by atoms with E-state index in [0.717, 1.165) is 24.1 Å². The van der Waals surface area contributed by atoms with Crippen molar-refractivity contribution >= 4 is 11.6 Å². The highest BCUT2D eigenvalue weighted by Crippen LogP contribution is 2.39. The third kappa shape index (κ3) is 1.33. The third-order valence-electron chi connectivity index (χ3n) is 2.60. The number of azide groups is 1. The van der Waals surface area contributed by atoms with Crippen LogP contribution in [0.1, 0.15) is 24.6 Å². The van der Waals surface area contributed by atoms with Gasteiger partial charge < -0.3 is 0 Å². The summed E-state index contributed by atoms with van der Waals surface area (Å²) in [5.41, 5.74) is 9.92. The highest BCUT2D eigenvalue weighted by molar-refractivity contribution is 6.29. The second kappa shape index (κ2) is 3.15. The van der Waals surface area contributed by atoms with Crippen molar-refractivity contribution in [3.63, 3.8) is 0 Å². The molecule has 5 heteroatoms. The monoisotopic (exact) mass is 208 g/mol. The predicted octanol–water partition coefficient (Wildman–Crippen LogP) is 3.21. The fourth-order valence-electron chi connectivity index (χ4n) is 1.82. The van der Waals surface area contributed by atoms with Crippen LogP contribution in [0.25, 0.3) is 10.4 Å². The quantitative estimate of drug-likeness (QED) is 0.303. The third-order valence-corrected chi connectivity index (χ3v) is 2.81. The Bertz CT molecular complexity index is 425. The molecule has 0 aliphatic heterocycles. The first kappa shape index (κ1) is 9.31. The van der Waals surface area contributed by atoms with Gasteiger partial charge in [-0.25, -0.2) is 4.98 Å². The molecule has 4 nitrogen and oxygen atoms in total. The summed E-state index contributed by atoms with van der Waals surface area (Å²) in [7, 11) is 0. The lowest BCUT2D eigenvalue weighted by Crippen LogP contribution is -2.15. The minimum Gasteiger partial charge on any atom is -0.240 e. The summed E-state index contributed by atoms with van der Waals surface area (Å²) in [6.45, 7) is 1.89. The average molecular weight is 209 g/mol. The standard InChI is InChI=1S/C9H9ClN4/c1-9(13-14-11)5-4-6-2-3-7(10)12-8(6)9/h2-3H,4-5H2,1H3. The zero-order valence-corrected chi connectivity index (χ0v) is 8.49.